The van der Waals surface area contributed by atoms with Gasteiger partial charge in [-0.3, -0.25) is 9.59 Å². The fraction of sp³-hybridized carbons (Fsp3) is 0.257. The van der Waals surface area contributed by atoms with Crippen LogP contribution in [0.1, 0.15) is 35.3 Å². The van der Waals surface area contributed by atoms with Crippen molar-refractivity contribution in [2.75, 3.05) is 32.1 Å². The first-order valence-electron chi connectivity index (χ1n) is 14.2. The predicted octanol–water partition coefficient (Wildman–Crippen LogP) is 6.51. The minimum Gasteiger partial charge on any atom is -0.378 e. The van der Waals surface area contributed by atoms with Crippen LogP contribution in [0.5, 0.6) is 0 Å². The molecule has 1 aromatic heterocycles. The van der Waals surface area contributed by atoms with Crippen LogP contribution in [-0.2, 0) is 17.8 Å². The third-order valence-corrected chi connectivity index (χ3v) is 7.69. The summed E-state index contributed by atoms with van der Waals surface area (Å²) in [6.07, 6.45) is 2.74. The lowest BCUT2D eigenvalue weighted by Gasteiger charge is -2.30. The van der Waals surface area contributed by atoms with Crippen LogP contribution < -0.4 is 4.90 Å². The van der Waals surface area contributed by atoms with Crippen molar-refractivity contribution in [3.8, 4) is 0 Å². The SMILES string of the molecule is CC(C)N(CC(=O)N(CCc1c[nH]c2ccccc12)Cc1ccc(N(C)C)cc1)C(=O)c1ccc2ccccc2c1. The van der Waals surface area contributed by atoms with Crippen LogP contribution in [0.2, 0.25) is 0 Å². The number of H-pyrrole nitrogens is 1. The molecule has 0 atom stereocenters. The van der Waals surface area contributed by atoms with Gasteiger partial charge in [0.1, 0.15) is 6.54 Å². The summed E-state index contributed by atoms with van der Waals surface area (Å²) < 4.78 is 0. The van der Waals surface area contributed by atoms with E-state index in [9.17, 15) is 9.59 Å². The molecule has 6 heteroatoms. The van der Waals surface area contributed by atoms with Crippen molar-refractivity contribution in [3.63, 3.8) is 0 Å². The highest BCUT2D eigenvalue weighted by Gasteiger charge is 2.25. The first-order valence-corrected chi connectivity index (χ1v) is 14.2. The van der Waals surface area contributed by atoms with Gasteiger partial charge in [-0.05, 0) is 72.5 Å². The van der Waals surface area contributed by atoms with Crippen LogP contribution in [0.3, 0.4) is 0 Å². The molecule has 0 aliphatic rings. The lowest BCUT2D eigenvalue weighted by Crippen LogP contribution is -2.46. The summed E-state index contributed by atoms with van der Waals surface area (Å²) in [7, 11) is 4.03. The average molecular weight is 547 g/mol. The van der Waals surface area contributed by atoms with Crippen molar-refractivity contribution in [1.29, 1.82) is 0 Å². The monoisotopic (exact) mass is 546 g/mol. The zero-order valence-corrected chi connectivity index (χ0v) is 24.3. The van der Waals surface area contributed by atoms with Gasteiger partial charge in [-0.1, -0.05) is 60.7 Å². The minimum atomic E-state index is -0.133. The van der Waals surface area contributed by atoms with Gasteiger partial charge in [0, 0.05) is 61.6 Å². The molecule has 0 aliphatic heterocycles. The number of hydrogen-bond acceptors (Lipinski definition) is 3. The van der Waals surface area contributed by atoms with Gasteiger partial charge in [0.2, 0.25) is 5.91 Å². The van der Waals surface area contributed by atoms with Gasteiger partial charge in [0.15, 0.2) is 0 Å². The van der Waals surface area contributed by atoms with E-state index >= 15 is 0 Å². The van der Waals surface area contributed by atoms with Crippen LogP contribution >= 0.6 is 0 Å². The highest BCUT2D eigenvalue weighted by Crippen LogP contribution is 2.21. The van der Waals surface area contributed by atoms with Crippen molar-refractivity contribution in [2.24, 2.45) is 0 Å². The summed E-state index contributed by atoms with van der Waals surface area (Å²) in [6.45, 7) is 4.97. The summed E-state index contributed by atoms with van der Waals surface area (Å²) >= 11 is 0. The van der Waals surface area contributed by atoms with Crippen molar-refractivity contribution in [1.82, 2.24) is 14.8 Å². The maximum absolute atomic E-state index is 13.9. The topological polar surface area (TPSA) is 59.7 Å². The molecule has 1 heterocycles. The zero-order valence-electron chi connectivity index (χ0n) is 24.3. The summed E-state index contributed by atoms with van der Waals surface area (Å²) in [5.74, 6) is -0.199. The standard InChI is InChI=1S/C35H38N4O2/c1-25(2)39(35(41)29-16-15-27-9-5-6-10-28(27)21-29)24-34(40)38(23-26-13-17-31(18-14-26)37(3)4)20-19-30-22-36-33-12-8-7-11-32(30)33/h5-18,21-22,25,36H,19-20,23-24H2,1-4H3. The fourth-order valence-electron chi connectivity index (χ4n) is 5.23. The molecule has 0 radical (unpaired) electrons. The Labute approximate surface area is 242 Å². The Morgan fingerprint density at radius 1 is 0.829 bits per heavy atom. The van der Waals surface area contributed by atoms with Gasteiger partial charge < -0.3 is 19.7 Å². The van der Waals surface area contributed by atoms with Crippen molar-refractivity contribution >= 4 is 39.2 Å². The molecule has 2 amide bonds. The number of para-hydroxylation sites is 1. The van der Waals surface area contributed by atoms with Crippen molar-refractivity contribution in [3.05, 3.63) is 114 Å². The molecule has 210 valence electrons. The molecule has 6 nitrogen and oxygen atoms in total. The summed E-state index contributed by atoms with van der Waals surface area (Å²) in [5.41, 5.74) is 5.02. The van der Waals surface area contributed by atoms with E-state index in [1.807, 2.05) is 93.6 Å². The van der Waals surface area contributed by atoms with E-state index < -0.39 is 0 Å². The quantitative estimate of drug-likeness (QED) is 0.217. The van der Waals surface area contributed by atoms with Gasteiger partial charge in [0.25, 0.3) is 5.91 Å². The Morgan fingerprint density at radius 3 is 2.27 bits per heavy atom. The lowest BCUT2D eigenvalue weighted by molar-refractivity contribution is -0.132. The molecule has 0 saturated heterocycles. The first-order chi connectivity index (χ1) is 19.8. The molecule has 0 aliphatic carbocycles. The number of anilines is 1. The fourth-order valence-corrected chi connectivity index (χ4v) is 5.23. The Morgan fingerprint density at radius 2 is 1.54 bits per heavy atom. The number of nitrogens with zero attached hydrogens (tertiary/aromatic N) is 3. The van der Waals surface area contributed by atoms with Gasteiger partial charge >= 0.3 is 0 Å². The van der Waals surface area contributed by atoms with E-state index in [0.717, 1.165) is 27.5 Å². The number of nitrogens with one attached hydrogen (secondary N) is 1. The molecule has 1 N–H and O–H groups in total. The van der Waals surface area contributed by atoms with Crippen molar-refractivity contribution < 1.29 is 9.59 Å². The van der Waals surface area contributed by atoms with Crippen LogP contribution in [0, 0.1) is 0 Å². The van der Waals surface area contributed by atoms with E-state index in [1.165, 1.54) is 10.9 Å². The van der Waals surface area contributed by atoms with E-state index in [4.69, 9.17) is 0 Å². The largest absolute Gasteiger partial charge is 0.378 e. The molecule has 5 aromatic rings. The zero-order chi connectivity index (χ0) is 28.9. The lowest BCUT2D eigenvalue weighted by atomic mass is 10.1. The number of fused-ring (bicyclic) bond motifs is 2. The van der Waals surface area contributed by atoms with E-state index in [2.05, 4.69) is 46.3 Å². The normalized spacial score (nSPS) is 11.2. The number of amides is 2. The van der Waals surface area contributed by atoms with E-state index in [1.54, 1.807) is 4.90 Å². The number of carbonyl (C=O) groups is 2. The Bertz CT molecular complexity index is 1650. The smallest absolute Gasteiger partial charge is 0.254 e. The summed E-state index contributed by atoms with van der Waals surface area (Å²) in [4.78, 5) is 36.6. The third kappa shape index (κ3) is 6.43. The molecule has 0 spiro atoms. The Hall–Kier alpha value is -4.58. The molecule has 0 saturated carbocycles. The molecule has 4 aromatic carbocycles. The number of rotatable bonds is 10. The van der Waals surface area contributed by atoms with Gasteiger partial charge in [-0.25, -0.2) is 0 Å². The van der Waals surface area contributed by atoms with Gasteiger partial charge in [-0.2, -0.15) is 0 Å². The molecule has 41 heavy (non-hydrogen) atoms. The first kappa shape index (κ1) is 28.0. The second kappa shape index (κ2) is 12.3. The maximum Gasteiger partial charge on any atom is 0.254 e. The van der Waals surface area contributed by atoms with E-state index in [-0.39, 0.29) is 24.4 Å². The summed E-state index contributed by atoms with van der Waals surface area (Å²) in [5, 5.41) is 3.26. The highest BCUT2D eigenvalue weighted by atomic mass is 16.2. The second-order valence-corrected chi connectivity index (χ2v) is 11.1. The van der Waals surface area contributed by atoms with E-state index in [0.29, 0.717) is 25.1 Å². The van der Waals surface area contributed by atoms with Crippen molar-refractivity contribution in [2.45, 2.75) is 32.9 Å². The minimum absolute atomic E-state index is 0.0208. The van der Waals surface area contributed by atoms with Crippen LogP contribution in [0.4, 0.5) is 5.69 Å². The van der Waals surface area contributed by atoms with Crippen LogP contribution in [0.15, 0.2) is 97.2 Å². The molecular weight excluding hydrogens is 508 g/mol. The van der Waals surface area contributed by atoms with Gasteiger partial charge in [-0.15, -0.1) is 0 Å². The Kier molecular flexibility index (Phi) is 8.39. The van der Waals surface area contributed by atoms with Crippen LogP contribution in [0.25, 0.3) is 21.7 Å². The van der Waals surface area contributed by atoms with Gasteiger partial charge in [0.05, 0.1) is 0 Å². The Balaban J connectivity index is 1.37. The number of hydrogen-bond donors (Lipinski definition) is 1. The molecule has 0 bridgehead atoms. The second-order valence-electron chi connectivity index (χ2n) is 11.1. The third-order valence-electron chi connectivity index (χ3n) is 7.69. The number of benzene rings is 4. The molecule has 0 unspecified atom stereocenters. The highest BCUT2D eigenvalue weighted by molar-refractivity contribution is 6.00. The number of aromatic amines is 1. The summed E-state index contributed by atoms with van der Waals surface area (Å²) in [6, 6.07) is 30.1. The molecular formula is C35H38N4O2. The molecule has 0 fully saturated rings. The number of aromatic nitrogens is 1. The maximum atomic E-state index is 13.9. The average Bonchev–Trinajstić information content (AvgIpc) is 3.40. The predicted molar refractivity (Wildman–Crippen MR) is 168 cm³/mol. The molecule has 5 rings (SSSR count). The van der Waals surface area contributed by atoms with Crippen LogP contribution in [-0.4, -0.2) is 59.8 Å². The number of carbonyl (C=O) groups excluding carboxylic acids is 2.